The minimum Gasteiger partial charge on any atom is -0.508 e. The number of carbonyl (C=O) groups is 1. The Bertz CT molecular complexity index is 642. The van der Waals surface area contributed by atoms with E-state index in [-0.39, 0.29) is 29.3 Å². The quantitative estimate of drug-likeness (QED) is 0.824. The Morgan fingerprint density at radius 3 is 2.10 bits per heavy atom. The maximum absolute atomic E-state index is 12.3. The molecule has 2 rings (SSSR count). The number of Topliss-reactive ketones (excluding diaryl/α,β-unsaturated/α-hetero) is 1. The van der Waals surface area contributed by atoms with Crippen LogP contribution in [0.1, 0.15) is 40.9 Å². The molecule has 0 amide bonds. The fraction of sp³-hybridized carbons (Fsp3) is 0.278. The number of benzene rings is 2. The highest BCUT2D eigenvalue weighted by Crippen LogP contribution is 2.28. The van der Waals surface area contributed by atoms with Crippen LogP contribution in [0.3, 0.4) is 0 Å². The molecule has 0 spiro atoms. The van der Waals surface area contributed by atoms with Gasteiger partial charge < -0.3 is 10.2 Å². The molecule has 0 atom stereocenters. The van der Waals surface area contributed by atoms with Crippen LogP contribution in [0.15, 0.2) is 36.4 Å². The van der Waals surface area contributed by atoms with Gasteiger partial charge in [-0.2, -0.15) is 0 Å². The van der Waals surface area contributed by atoms with Gasteiger partial charge in [0, 0.05) is 12.5 Å². The average molecular weight is 284 g/mol. The SMILES string of the molecule is CCc1ccc(CC(=O)c2cc(CC)c(O)cc2O)cc1. The molecule has 2 aromatic carbocycles. The van der Waals surface area contributed by atoms with Gasteiger partial charge in [0.15, 0.2) is 5.78 Å². The first-order valence-electron chi connectivity index (χ1n) is 7.21. The molecule has 0 bridgehead atoms. The summed E-state index contributed by atoms with van der Waals surface area (Å²) in [5, 5.41) is 19.5. The van der Waals surface area contributed by atoms with Crippen molar-refractivity contribution in [2.75, 3.05) is 0 Å². The molecule has 110 valence electrons. The van der Waals surface area contributed by atoms with Crippen molar-refractivity contribution in [3.05, 3.63) is 58.7 Å². The van der Waals surface area contributed by atoms with E-state index in [0.717, 1.165) is 12.0 Å². The minimum absolute atomic E-state index is 0.0267. The summed E-state index contributed by atoms with van der Waals surface area (Å²) in [7, 11) is 0. The molecule has 0 aromatic heterocycles. The molecule has 3 nitrogen and oxygen atoms in total. The summed E-state index contributed by atoms with van der Waals surface area (Å²) >= 11 is 0. The highest BCUT2D eigenvalue weighted by Gasteiger charge is 2.15. The summed E-state index contributed by atoms with van der Waals surface area (Å²) in [5.74, 6) is -0.287. The zero-order valence-corrected chi connectivity index (χ0v) is 12.4. The largest absolute Gasteiger partial charge is 0.508 e. The smallest absolute Gasteiger partial charge is 0.170 e. The van der Waals surface area contributed by atoms with Crippen LogP contribution in [0, 0.1) is 0 Å². The van der Waals surface area contributed by atoms with Crippen molar-refractivity contribution >= 4 is 5.78 Å². The average Bonchev–Trinajstić information content (AvgIpc) is 2.48. The van der Waals surface area contributed by atoms with Gasteiger partial charge >= 0.3 is 0 Å². The van der Waals surface area contributed by atoms with Crippen LogP contribution in [0.5, 0.6) is 11.5 Å². The van der Waals surface area contributed by atoms with Crippen LogP contribution in [0.25, 0.3) is 0 Å². The molecule has 0 saturated heterocycles. The summed E-state index contributed by atoms with van der Waals surface area (Å²) in [4.78, 5) is 12.3. The van der Waals surface area contributed by atoms with Crippen molar-refractivity contribution in [1.82, 2.24) is 0 Å². The van der Waals surface area contributed by atoms with Crippen molar-refractivity contribution in [3.63, 3.8) is 0 Å². The molecule has 0 aliphatic carbocycles. The maximum atomic E-state index is 12.3. The highest BCUT2D eigenvalue weighted by atomic mass is 16.3. The number of hydrogen-bond acceptors (Lipinski definition) is 3. The van der Waals surface area contributed by atoms with E-state index in [2.05, 4.69) is 6.92 Å². The molecule has 21 heavy (non-hydrogen) atoms. The summed E-state index contributed by atoms with van der Waals surface area (Å²) < 4.78 is 0. The van der Waals surface area contributed by atoms with E-state index in [9.17, 15) is 15.0 Å². The molecule has 2 N–H and O–H groups in total. The summed E-state index contributed by atoms with van der Waals surface area (Å²) in [5.41, 5.74) is 3.08. The third-order valence-electron chi connectivity index (χ3n) is 3.67. The molecule has 0 fully saturated rings. The first-order valence-corrected chi connectivity index (χ1v) is 7.21. The fourth-order valence-electron chi connectivity index (χ4n) is 2.30. The van der Waals surface area contributed by atoms with Gasteiger partial charge in [0.1, 0.15) is 11.5 Å². The number of phenolic OH excluding ortho intramolecular Hbond substituents is 2. The standard InChI is InChI=1S/C18H20O3/c1-3-12-5-7-13(8-6-12)9-17(20)15-10-14(4-2)16(19)11-18(15)21/h5-8,10-11,19,21H,3-4,9H2,1-2H3. The third-order valence-corrected chi connectivity index (χ3v) is 3.67. The van der Waals surface area contributed by atoms with Crippen molar-refractivity contribution in [2.45, 2.75) is 33.1 Å². The van der Waals surface area contributed by atoms with E-state index in [1.807, 2.05) is 31.2 Å². The normalized spacial score (nSPS) is 10.6. The van der Waals surface area contributed by atoms with Crippen LogP contribution in [-0.2, 0) is 19.3 Å². The lowest BCUT2D eigenvalue weighted by molar-refractivity contribution is 0.0990. The Morgan fingerprint density at radius 1 is 0.905 bits per heavy atom. The summed E-state index contributed by atoms with van der Waals surface area (Å²) in [6, 6.07) is 10.7. The van der Waals surface area contributed by atoms with Crippen LogP contribution < -0.4 is 0 Å². The Hall–Kier alpha value is -2.29. The van der Waals surface area contributed by atoms with Crippen LogP contribution >= 0.6 is 0 Å². The lowest BCUT2D eigenvalue weighted by Gasteiger charge is -2.09. The highest BCUT2D eigenvalue weighted by molar-refractivity contribution is 6.00. The van der Waals surface area contributed by atoms with Crippen LogP contribution in [0.4, 0.5) is 0 Å². The van der Waals surface area contributed by atoms with E-state index in [1.54, 1.807) is 6.07 Å². The topological polar surface area (TPSA) is 57.5 Å². The van der Waals surface area contributed by atoms with Gasteiger partial charge in [0.2, 0.25) is 0 Å². The summed E-state index contributed by atoms with van der Waals surface area (Å²) in [6.45, 7) is 3.98. The number of hydrogen-bond donors (Lipinski definition) is 2. The Kier molecular flexibility index (Phi) is 4.63. The number of ketones is 1. The Balaban J connectivity index is 2.23. The lowest BCUT2D eigenvalue weighted by atomic mass is 9.98. The van der Waals surface area contributed by atoms with Gasteiger partial charge in [-0.3, -0.25) is 4.79 Å². The molecule has 0 aliphatic rings. The van der Waals surface area contributed by atoms with Gasteiger partial charge in [-0.1, -0.05) is 38.1 Å². The second-order valence-electron chi connectivity index (χ2n) is 5.12. The molecule has 3 heteroatoms. The molecular weight excluding hydrogens is 264 g/mol. The fourth-order valence-corrected chi connectivity index (χ4v) is 2.30. The van der Waals surface area contributed by atoms with Gasteiger partial charge in [-0.25, -0.2) is 0 Å². The minimum atomic E-state index is -0.167. The molecule has 0 unspecified atom stereocenters. The molecule has 0 saturated carbocycles. The molecule has 0 aliphatic heterocycles. The number of aromatic hydroxyl groups is 2. The van der Waals surface area contributed by atoms with Gasteiger partial charge in [-0.15, -0.1) is 0 Å². The first kappa shape index (κ1) is 15.1. The Morgan fingerprint density at radius 2 is 1.52 bits per heavy atom. The van der Waals surface area contributed by atoms with Crippen molar-refractivity contribution in [1.29, 1.82) is 0 Å². The van der Waals surface area contributed by atoms with Gasteiger partial charge in [-0.05, 0) is 35.6 Å². The van der Waals surface area contributed by atoms with E-state index in [1.165, 1.54) is 11.6 Å². The second kappa shape index (κ2) is 6.44. The lowest BCUT2D eigenvalue weighted by Crippen LogP contribution is -2.05. The van der Waals surface area contributed by atoms with Crippen molar-refractivity contribution in [2.24, 2.45) is 0 Å². The number of rotatable bonds is 5. The van der Waals surface area contributed by atoms with E-state index >= 15 is 0 Å². The monoisotopic (exact) mass is 284 g/mol. The van der Waals surface area contributed by atoms with Gasteiger partial charge in [0.05, 0.1) is 5.56 Å². The second-order valence-corrected chi connectivity index (χ2v) is 5.12. The van der Waals surface area contributed by atoms with Crippen molar-refractivity contribution in [3.8, 4) is 11.5 Å². The summed E-state index contributed by atoms with van der Waals surface area (Å²) in [6.07, 6.45) is 1.82. The zero-order chi connectivity index (χ0) is 15.4. The maximum Gasteiger partial charge on any atom is 0.170 e. The van der Waals surface area contributed by atoms with E-state index in [4.69, 9.17) is 0 Å². The predicted molar refractivity (Wildman–Crippen MR) is 83.0 cm³/mol. The third kappa shape index (κ3) is 3.43. The Labute approximate surface area is 124 Å². The van der Waals surface area contributed by atoms with Crippen LogP contribution in [0.2, 0.25) is 0 Å². The number of carbonyl (C=O) groups excluding carboxylic acids is 1. The van der Waals surface area contributed by atoms with Gasteiger partial charge in [0.25, 0.3) is 0 Å². The zero-order valence-electron chi connectivity index (χ0n) is 12.4. The predicted octanol–water partition coefficient (Wildman–Crippen LogP) is 3.65. The van der Waals surface area contributed by atoms with Crippen molar-refractivity contribution < 1.29 is 15.0 Å². The van der Waals surface area contributed by atoms with E-state index < -0.39 is 0 Å². The molecule has 0 radical (unpaired) electrons. The molecule has 0 heterocycles. The molecular formula is C18H20O3. The van der Waals surface area contributed by atoms with E-state index in [0.29, 0.717) is 12.0 Å². The number of phenols is 2. The number of aryl methyl sites for hydroxylation is 2. The first-order chi connectivity index (χ1) is 10.0. The van der Waals surface area contributed by atoms with Crippen LogP contribution in [-0.4, -0.2) is 16.0 Å². The molecule has 2 aromatic rings.